The number of benzene rings is 1. The molecule has 7 heteroatoms. The topological polar surface area (TPSA) is 49.4 Å². The molecule has 1 saturated carbocycles. The minimum Gasteiger partial charge on any atom is -0.316 e. The van der Waals surface area contributed by atoms with E-state index in [1.807, 2.05) is 0 Å². The van der Waals surface area contributed by atoms with Gasteiger partial charge in [0.25, 0.3) is 0 Å². The number of rotatable bonds is 7. The normalized spacial score (nSPS) is 15.4. The summed E-state index contributed by atoms with van der Waals surface area (Å²) in [6.07, 6.45) is 3.19. The minimum absolute atomic E-state index is 0.0144. The van der Waals surface area contributed by atoms with Crippen LogP contribution in [-0.4, -0.2) is 32.4 Å². The zero-order chi connectivity index (χ0) is 15.6. The molecule has 0 radical (unpaired) electrons. The van der Waals surface area contributed by atoms with Crippen molar-refractivity contribution in [2.75, 3.05) is 13.6 Å². The fraction of sp³-hybridized carbons (Fsp3) is 0.429. The molecule has 0 saturated heterocycles. The first-order valence-electron chi connectivity index (χ1n) is 6.67. The van der Waals surface area contributed by atoms with E-state index in [2.05, 4.69) is 11.9 Å². The van der Waals surface area contributed by atoms with Crippen LogP contribution in [0.2, 0.25) is 5.02 Å². The molecule has 0 spiro atoms. The van der Waals surface area contributed by atoms with Gasteiger partial charge in [-0.3, -0.25) is 0 Å². The van der Waals surface area contributed by atoms with E-state index < -0.39 is 15.8 Å². The van der Waals surface area contributed by atoms with Crippen LogP contribution in [0.15, 0.2) is 29.7 Å². The summed E-state index contributed by atoms with van der Waals surface area (Å²) >= 11 is 5.87. The van der Waals surface area contributed by atoms with Gasteiger partial charge in [0.1, 0.15) is 5.82 Å². The Morgan fingerprint density at radius 2 is 2.19 bits per heavy atom. The predicted octanol–water partition coefficient (Wildman–Crippen LogP) is 2.54. The highest BCUT2D eigenvalue weighted by atomic mass is 35.5. The molecular weight excluding hydrogens is 315 g/mol. The number of halogens is 2. The molecule has 1 aliphatic carbocycles. The molecule has 1 aromatic rings. The lowest BCUT2D eigenvalue weighted by atomic mass is 10.2. The lowest BCUT2D eigenvalue weighted by Crippen LogP contribution is -2.33. The standard InChI is InChI=1S/C14H18ClFN2O2S/c1-3-6-18(11-4-5-11)21(19,20)12-7-10(9-17-2)14(15)13(16)8-12/h3,7-8,11,17H,1,4-6,9H2,2H3. The molecule has 116 valence electrons. The molecule has 2 rings (SSSR count). The molecule has 1 N–H and O–H groups in total. The van der Waals surface area contributed by atoms with Crippen LogP contribution in [-0.2, 0) is 16.6 Å². The van der Waals surface area contributed by atoms with E-state index in [0.29, 0.717) is 12.1 Å². The number of nitrogens with zero attached hydrogens (tertiary/aromatic N) is 1. The van der Waals surface area contributed by atoms with Gasteiger partial charge in [-0.15, -0.1) is 6.58 Å². The van der Waals surface area contributed by atoms with Gasteiger partial charge in [-0.2, -0.15) is 4.31 Å². The smallest absolute Gasteiger partial charge is 0.243 e. The fourth-order valence-electron chi connectivity index (χ4n) is 2.16. The third-order valence-electron chi connectivity index (χ3n) is 3.31. The third kappa shape index (κ3) is 3.45. The summed E-state index contributed by atoms with van der Waals surface area (Å²) in [5.74, 6) is -0.725. The Balaban J connectivity index is 2.45. The van der Waals surface area contributed by atoms with Crippen molar-refractivity contribution in [1.82, 2.24) is 9.62 Å². The van der Waals surface area contributed by atoms with Crippen molar-refractivity contribution in [3.63, 3.8) is 0 Å². The van der Waals surface area contributed by atoms with E-state index in [1.54, 1.807) is 7.05 Å². The summed E-state index contributed by atoms with van der Waals surface area (Å²) in [4.78, 5) is -0.0663. The van der Waals surface area contributed by atoms with Crippen molar-refractivity contribution in [2.45, 2.75) is 30.3 Å². The van der Waals surface area contributed by atoms with E-state index in [4.69, 9.17) is 11.6 Å². The molecule has 1 aromatic carbocycles. The summed E-state index contributed by atoms with van der Waals surface area (Å²) in [5, 5.41) is 2.79. The highest BCUT2D eigenvalue weighted by Crippen LogP contribution is 2.33. The number of nitrogens with one attached hydrogen (secondary N) is 1. The summed E-state index contributed by atoms with van der Waals surface area (Å²) in [5.41, 5.74) is 0.423. The lowest BCUT2D eigenvalue weighted by Gasteiger charge is -2.21. The van der Waals surface area contributed by atoms with Crippen LogP contribution in [0.1, 0.15) is 18.4 Å². The van der Waals surface area contributed by atoms with Crippen molar-refractivity contribution in [3.05, 3.63) is 41.2 Å². The van der Waals surface area contributed by atoms with E-state index in [-0.39, 0.29) is 22.5 Å². The molecule has 0 amide bonds. The zero-order valence-electron chi connectivity index (χ0n) is 11.8. The average molecular weight is 333 g/mol. The van der Waals surface area contributed by atoms with Gasteiger partial charge in [-0.1, -0.05) is 17.7 Å². The predicted molar refractivity (Wildman–Crippen MR) is 81.3 cm³/mol. The van der Waals surface area contributed by atoms with Crippen LogP contribution in [0.25, 0.3) is 0 Å². The Kier molecular flexibility index (Phi) is 5.03. The Hall–Kier alpha value is -0.950. The molecule has 0 unspecified atom stereocenters. The van der Waals surface area contributed by atoms with Gasteiger partial charge in [-0.05, 0) is 37.6 Å². The minimum atomic E-state index is -3.74. The lowest BCUT2D eigenvalue weighted by molar-refractivity contribution is 0.435. The van der Waals surface area contributed by atoms with E-state index in [9.17, 15) is 12.8 Å². The molecule has 0 aliphatic heterocycles. The second-order valence-electron chi connectivity index (χ2n) is 5.00. The second-order valence-corrected chi connectivity index (χ2v) is 7.27. The average Bonchev–Trinajstić information content (AvgIpc) is 3.25. The number of hydrogen-bond acceptors (Lipinski definition) is 3. The SMILES string of the molecule is C=CCN(C1CC1)S(=O)(=O)c1cc(F)c(Cl)c(CNC)c1. The summed E-state index contributed by atoms with van der Waals surface area (Å²) in [6, 6.07) is 2.39. The third-order valence-corrected chi connectivity index (χ3v) is 5.63. The molecule has 0 aromatic heterocycles. The van der Waals surface area contributed by atoms with Crippen LogP contribution in [0.3, 0.4) is 0 Å². The van der Waals surface area contributed by atoms with Crippen molar-refractivity contribution in [2.24, 2.45) is 0 Å². The summed E-state index contributed by atoms with van der Waals surface area (Å²) in [7, 11) is -2.06. The molecule has 4 nitrogen and oxygen atoms in total. The van der Waals surface area contributed by atoms with Crippen LogP contribution >= 0.6 is 11.6 Å². The second kappa shape index (κ2) is 6.44. The zero-order valence-corrected chi connectivity index (χ0v) is 13.3. The first-order valence-corrected chi connectivity index (χ1v) is 8.49. The van der Waals surface area contributed by atoms with Crippen molar-refractivity contribution in [3.8, 4) is 0 Å². The molecule has 1 fully saturated rings. The Morgan fingerprint density at radius 1 is 1.52 bits per heavy atom. The largest absolute Gasteiger partial charge is 0.316 e. The monoisotopic (exact) mass is 332 g/mol. The van der Waals surface area contributed by atoms with E-state index in [0.717, 1.165) is 18.9 Å². The van der Waals surface area contributed by atoms with Crippen LogP contribution in [0, 0.1) is 5.82 Å². The maximum absolute atomic E-state index is 13.9. The van der Waals surface area contributed by atoms with Crippen molar-refractivity contribution in [1.29, 1.82) is 0 Å². The van der Waals surface area contributed by atoms with Crippen LogP contribution in [0.5, 0.6) is 0 Å². The van der Waals surface area contributed by atoms with Gasteiger partial charge in [-0.25, -0.2) is 12.8 Å². The summed E-state index contributed by atoms with van der Waals surface area (Å²) in [6.45, 7) is 4.10. The van der Waals surface area contributed by atoms with Gasteiger partial charge < -0.3 is 5.32 Å². The van der Waals surface area contributed by atoms with E-state index in [1.165, 1.54) is 16.4 Å². The van der Waals surface area contributed by atoms with Gasteiger partial charge in [0.15, 0.2) is 0 Å². The maximum Gasteiger partial charge on any atom is 0.243 e. The van der Waals surface area contributed by atoms with Crippen molar-refractivity contribution >= 4 is 21.6 Å². The maximum atomic E-state index is 13.9. The fourth-order valence-corrected chi connectivity index (χ4v) is 4.05. The number of sulfonamides is 1. The quantitative estimate of drug-likeness (QED) is 0.781. The molecule has 0 heterocycles. The molecule has 21 heavy (non-hydrogen) atoms. The summed E-state index contributed by atoms with van der Waals surface area (Å²) < 4.78 is 40.6. The van der Waals surface area contributed by atoms with Gasteiger partial charge in [0.2, 0.25) is 10.0 Å². The molecule has 0 bridgehead atoms. The molecule has 0 atom stereocenters. The van der Waals surface area contributed by atoms with Crippen LogP contribution in [0.4, 0.5) is 4.39 Å². The first kappa shape index (κ1) is 16.4. The Morgan fingerprint density at radius 3 is 2.71 bits per heavy atom. The number of hydrogen-bond donors (Lipinski definition) is 1. The van der Waals surface area contributed by atoms with Crippen LogP contribution < -0.4 is 5.32 Å². The highest BCUT2D eigenvalue weighted by molar-refractivity contribution is 7.89. The van der Waals surface area contributed by atoms with E-state index >= 15 is 0 Å². The Labute approximate surface area is 129 Å². The van der Waals surface area contributed by atoms with Crippen molar-refractivity contribution < 1.29 is 12.8 Å². The molecule has 1 aliphatic rings. The van der Waals surface area contributed by atoms with Gasteiger partial charge in [0, 0.05) is 19.1 Å². The Bertz CT molecular complexity index is 645. The van der Waals surface area contributed by atoms with Gasteiger partial charge >= 0.3 is 0 Å². The highest BCUT2D eigenvalue weighted by Gasteiger charge is 2.37. The first-order chi connectivity index (χ1) is 9.91. The van der Waals surface area contributed by atoms with Gasteiger partial charge in [0.05, 0.1) is 9.92 Å². The molecular formula is C14H18ClFN2O2S.